The number of hydrogen-bond donors (Lipinski definition) is 2. The molecule has 2 aromatic carbocycles. The molecule has 0 saturated heterocycles. The minimum atomic E-state index is -1.17. The summed E-state index contributed by atoms with van der Waals surface area (Å²) in [6.45, 7) is 3.14. The number of amides is 2. The van der Waals surface area contributed by atoms with Crippen molar-refractivity contribution in [1.29, 1.82) is 0 Å². The van der Waals surface area contributed by atoms with Crippen molar-refractivity contribution < 1.29 is 27.9 Å². The third-order valence-corrected chi connectivity index (χ3v) is 4.25. The Balaban J connectivity index is 1.66. The first-order chi connectivity index (χ1) is 14.3. The molecular formula is C22H19FN2O5. The molecule has 0 aliphatic carbocycles. The van der Waals surface area contributed by atoms with Gasteiger partial charge in [0, 0.05) is 5.69 Å². The number of hydrogen-bond acceptors (Lipinski definition) is 5. The Morgan fingerprint density at radius 1 is 1.00 bits per heavy atom. The molecule has 1 atom stereocenters. The van der Waals surface area contributed by atoms with Crippen LogP contribution in [0.25, 0.3) is 0 Å². The minimum absolute atomic E-state index is 0.0105. The lowest BCUT2D eigenvalue weighted by atomic mass is 10.1. The normalized spacial score (nSPS) is 11.4. The summed E-state index contributed by atoms with van der Waals surface area (Å²) in [6, 6.07) is 13.4. The quantitative estimate of drug-likeness (QED) is 0.595. The predicted octanol–water partition coefficient (Wildman–Crippen LogP) is 4.16. The van der Waals surface area contributed by atoms with E-state index in [9.17, 15) is 18.8 Å². The number of nitrogens with one attached hydrogen (secondary N) is 2. The molecule has 1 aromatic heterocycles. The van der Waals surface area contributed by atoms with E-state index in [2.05, 4.69) is 10.6 Å². The third-order valence-electron chi connectivity index (χ3n) is 4.25. The Kier molecular flexibility index (Phi) is 6.26. The van der Waals surface area contributed by atoms with Gasteiger partial charge in [0.25, 0.3) is 11.8 Å². The van der Waals surface area contributed by atoms with Gasteiger partial charge in [-0.25, -0.2) is 9.18 Å². The molecule has 154 valence electrons. The second kappa shape index (κ2) is 9.04. The highest BCUT2D eigenvalue weighted by Crippen LogP contribution is 2.20. The van der Waals surface area contributed by atoms with Crippen molar-refractivity contribution in [2.24, 2.45) is 0 Å². The zero-order valence-corrected chi connectivity index (χ0v) is 16.3. The summed E-state index contributed by atoms with van der Waals surface area (Å²) in [5.41, 5.74) is 1.25. The van der Waals surface area contributed by atoms with Crippen molar-refractivity contribution in [2.75, 3.05) is 10.6 Å². The Labute approximate surface area is 171 Å². The van der Waals surface area contributed by atoms with Gasteiger partial charge < -0.3 is 19.8 Å². The average Bonchev–Trinajstić information content (AvgIpc) is 3.26. The molecule has 0 spiro atoms. The largest absolute Gasteiger partial charge is 0.459 e. The first-order valence-electron chi connectivity index (χ1n) is 9.07. The summed E-state index contributed by atoms with van der Waals surface area (Å²) in [4.78, 5) is 36.8. The number of carbonyl (C=O) groups excluding carboxylic acids is 3. The molecule has 3 rings (SSSR count). The van der Waals surface area contributed by atoms with Gasteiger partial charge in [-0.3, -0.25) is 9.59 Å². The minimum Gasteiger partial charge on any atom is -0.459 e. The van der Waals surface area contributed by atoms with E-state index in [1.165, 1.54) is 49.6 Å². The molecule has 8 heteroatoms. The molecular weight excluding hydrogens is 391 g/mol. The number of aryl methyl sites for hydroxylation is 1. The van der Waals surface area contributed by atoms with Crippen LogP contribution in [0.3, 0.4) is 0 Å². The number of para-hydroxylation sites is 1. The molecule has 2 N–H and O–H groups in total. The van der Waals surface area contributed by atoms with Gasteiger partial charge in [0.2, 0.25) is 0 Å². The highest BCUT2D eigenvalue weighted by molar-refractivity contribution is 6.03. The van der Waals surface area contributed by atoms with Gasteiger partial charge in [-0.1, -0.05) is 18.2 Å². The molecule has 3 aromatic rings. The fourth-order valence-corrected chi connectivity index (χ4v) is 2.55. The highest BCUT2D eigenvalue weighted by atomic mass is 19.1. The number of esters is 1. The van der Waals surface area contributed by atoms with E-state index in [1.54, 1.807) is 25.1 Å². The summed E-state index contributed by atoms with van der Waals surface area (Å²) in [6.07, 6.45) is 0.211. The molecule has 0 unspecified atom stereocenters. The van der Waals surface area contributed by atoms with Crippen LogP contribution in [0, 0.1) is 12.7 Å². The molecule has 30 heavy (non-hydrogen) atoms. The Morgan fingerprint density at radius 3 is 2.47 bits per heavy atom. The van der Waals surface area contributed by atoms with Crippen LogP contribution < -0.4 is 10.6 Å². The summed E-state index contributed by atoms with van der Waals surface area (Å²) in [5.74, 6) is -2.38. The number of anilines is 2. The number of ether oxygens (including phenoxy) is 1. The summed E-state index contributed by atoms with van der Waals surface area (Å²) in [7, 11) is 0. The monoisotopic (exact) mass is 410 g/mol. The Bertz CT molecular complexity index is 1080. The van der Waals surface area contributed by atoms with Crippen LogP contribution in [0.2, 0.25) is 0 Å². The van der Waals surface area contributed by atoms with E-state index in [4.69, 9.17) is 9.15 Å². The lowest BCUT2D eigenvalue weighted by Gasteiger charge is -2.15. The summed E-state index contributed by atoms with van der Waals surface area (Å²) in [5, 5.41) is 5.03. The van der Waals surface area contributed by atoms with Crippen LogP contribution in [0.15, 0.2) is 65.3 Å². The third kappa shape index (κ3) is 4.91. The fourth-order valence-electron chi connectivity index (χ4n) is 2.55. The molecule has 0 fully saturated rings. The van der Waals surface area contributed by atoms with Gasteiger partial charge in [-0.2, -0.15) is 0 Å². The van der Waals surface area contributed by atoms with Gasteiger partial charge in [0.05, 0.1) is 17.5 Å². The number of halogens is 1. The topological polar surface area (TPSA) is 97.6 Å². The maximum absolute atomic E-state index is 13.7. The fraction of sp³-hybridized carbons (Fsp3) is 0.136. The average molecular weight is 410 g/mol. The van der Waals surface area contributed by atoms with Crippen molar-refractivity contribution >= 4 is 29.2 Å². The molecule has 0 aliphatic rings. The molecule has 2 amide bonds. The highest BCUT2D eigenvalue weighted by Gasteiger charge is 2.21. The van der Waals surface area contributed by atoms with Crippen molar-refractivity contribution in [3.63, 3.8) is 0 Å². The van der Waals surface area contributed by atoms with E-state index < -0.39 is 29.7 Å². The Hall–Kier alpha value is -3.94. The van der Waals surface area contributed by atoms with Gasteiger partial charge in [-0.15, -0.1) is 0 Å². The molecule has 0 radical (unpaired) electrons. The maximum atomic E-state index is 13.7. The summed E-state index contributed by atoms with van der Waals surface area (Å²) < 4.78 is 23.9. The molecule has 0 aliphatic heterocycles. The number of rotatable bonds is 6. The first-order valence-corrected chi connectivity index (χ1v) is 9.07. The van der Waals surface area contributed by atoms with Crippen molar-refractivity contribution in [1.82, 2.24) is 0 Å². The van der Waals surface area contributed by atoms with Crippen LogP contribution in [0.4, 0.5) is 15.8 Å². The lowest BCUT2D eigenvalue weighted by molar-refractivity contribution is -0.123. The standard InChI is InChI=1S/C22H19FN2O5/c1-13-9-10-15(12-18(13)25-21(27)19-8-5-11-29-19)22(28)30-14(2)20(26)24-17-7-4-3-6-16(17)23/h3-12,14H,1-2H3,(H,24,26)(H,25,27)/t14-/m0/s1. The number of furan rings is 1. The van der Waals surface area contributed by atoms with E-state index in [0.29, 0.717) is 5.69 Å². The second-order valence-corrected chi connectivity index (χ2v) is 6.48. The van der Waals surface area contributed by atoms with Gasteiger partial charge in [-0.05, 0) is 55.8 Å². The van der Waals surface area contributed by atoms with Crippen LogP contribution >= 0.6 is 0 Å². The van der Waals surface area contributed by atoms with E-state index >= 15 is 0 Å². The second-order valence-electron chi connectivity index (χ2n) is 6.48. The van der Waals surface area contributed by atoms with E-state index in [1.807, 2.05) is 0 Å². The van der Waals surface area contributed by atoms with Crippen molar-refractivity contribution in [3.8, 4) is 0 Å². The molecule has 0 saturated carbocycles. The van der Waals surface area contributed by atoms with Crippen LogP contribution in [0.1, 0.15) is 33.4 Å². The maximum Gasteiger partial charge on any atom is 0.338 e. The van der Waals surface area contributed by atoms with Crippen LogP contribution in [-0.4, -0.2) is 23.9 Å². The number of benzene rings is 2. The smallest absolute Gasteiger partial charge is 0.338 e. The van der Waals surface area contributed by atoms with E-state index in [0.717, 1.165) is 5.56 Å². The van der Waals surface area contributed by atoms with E-state index in [-0.39, 0.29) is 17.0 Å². The lowest BCUT2D eigenvalue weighted by Crippen LogP contribution is -2.30. The first kappa shape index (κ1) is 20.8. The zero-order chi connectivity index (χ0) is 21.7. The molecule has 1 heterocycles. The SMILES string of the molecule is Cc1ccc(C(=O)O[C@@H](C)C(=O)Nc2ccccc2F)cc1NC(=O)c1ccco1. The number of carbonyl (C=O) groups is 3. The van der Waals surface area contributed by atoms with Crippen LogP contribution in [0.5, 0.6) is 0 Å². The van der Waals surface area contributed by atoms with Gasteiger partial charge in [0.15, 0.2) is 11.9 Å². The zero-order valence-electron chi connectivity index (χ0n) is 16.3. The van der Waals surface area contributed by atoms with Gasteiger partial charge in [0.1, 0.15) is 5.82 Å². The van der Waals surface area contributed by atoms with Gasteiger partial charge >= 0.3 is 5.97 Å². The Morgan fingerprint density at radius 2 is 1.77 bits per heavy atom. The summed E-state index contributed by atoms with van der Waals surface area (Å²) >= 11 is 0. The predicted molar refractivity (Wildman–Crippen MR) is 108 cm³/mol. The van der Waals surface area contributed by atoms with Crippen molar-refractivity contribution in [3.05, 3.63) is 83.6 Å². The molecule has 0 bridgehead atoms. The van der Waals surface area contributed by atoms with Crippen molar-refractivity contribution in [2.45, 2.75) is 20.0 Å². The van der Waals surface area contributed by atoms with Crippen LogP contribution in [-0.2, 0) is 9.53 Å². The molecule has 7 nitrogen and oxygen atoms in total.